The van der Waals surface area contributed by atoms with E-state index >= 15 is 4.39 Å². The number of carboxylic acid groups (broad SMARTS) is 1. The molecule has 0 spiro atoms. The van der Waals surface area contributed by atoms with E-state index in [1.54, 1.807) is 63.4 Å². The topological polar surface area (TPSA) is 169 Å². The van der Waals surface area contributed by atoms with Gasteiger partial charge in [0.1, 0.15) is 23.3 Å². The summed E-state index contributed by atoms with van der Waals surface area (Å²) in [5.74, 6) is -1.24. The van der Waals surface area contributed by atoms with E-state index in [1.807, 2.05) is 12.1 Å². The van der Waals surface area contributed by atoms with Gasteiger partial charge in [-0.15, -0.1) is 0 Å². The monoisotopic (exact) mass is 680 g/mol. The average Bonchev–Trinajstić information content (AvgIpc) is 3.54. The Labute approximate surface area is 288 Å². The van der Waals surface area contributed by atoms with Crippen LogP contribution in [0.1, 0.15) is 51.7 Å². The van der Waals surface area contributed by atoms with E-state index < -0.39 is 35.6 Å². The van der Waals surface area contributed by atoms with Gasteiger partial charge in [-0.2, -0.15) is 4.98 Å². The quantitative estimate of drug-likeness (QED) is 0.115. The maximum atomic E-state index is 15.2. The first kappa shape index (κ1) is 35.2. The SMILES string of the molecule is CC(C)c1ccc(-c2ccc(NC(=O)NC(Cc3ccc(-c4noc(-c5ccc(NC(=O)OC(C)(C)C)cc5)n4)c(F)c3)C(=O)O)nc2)cc1. The van der Waals surface area contributed by atoms with Crippen molar-refractivity contribution in [2.75, 3.05) is 10.6 Å². The Hall–Kier alpha value is -6.11. The molecular formula is C37H37FN6O6. The molecule has 0 fully saturated rings. The van der Waals surface area contributed by atoms with Gasteiger partial charge < -0.3 is 19.7 Å². The number of aliphatic carboxylic acids is 1. The lowest BCUT2D eigenvalue weighted by atomic mass is 9.99. The molecule has 0 saturated heterocycles. The lowest BCUT2D eigenvalue weighted by Crippen LogP contribution is -2.44. The molecule has 50 heavy (non-hydrogen) atoms. The zero-order valence-corrected chi connectivity index (χ0v) is 28.2. The van der Waals surface area contributed by atoms with Crippen molar-refractivity contribution in [3.63, 3.8) is 0 Å². The summed E-state index contributed by atoms with van der Waals surface area (Å²) in [6, 6.07) is 20.1. The van der Waals surface area contributed by atoms with E-state index in [-0.39, 0.29) is 29.5 Å². The third-order valence-corrected chi connectivity index (χ3v) is 7.44. The standard InChI is InChI=1S/C37H37FN6O6/c1-21(2)23-7-9-24(10-8-23)26-13-17-31(39-20-26)42-35(47)41-30(34(45)46)19-22-6-16-28(29(38)18-22)32-43-33(50-44-32)25-11-14-27(15-12-25)40-36(48)49-37(3,4)5/h6-18,20-21,30H,19H2,1-5H3,(H,40,48)(H,45,46)(H2,39,41,42,47). The van der Waals surface area contributed by atoms with Gasteiger partial charge in [0.25, 0.3) is 5.89 Å². The second-order valence-corrected chi connectivity index (χ2v) is 12.8. The number of hydrogen-bond donors (Lipinski definition) is 4. The van der Waals surface area contributed by atoms with Gasteiger partial charge in [-0.25, -0.2) is 23.8 Å². The van der Waals surface area contributed by atoms with Gasteiger partial charge >= 0.3 is 18.1 Å². The van der Waals surface area contributed by atoms with E-state index in [2.05, 4.69) is 57.1 Å². The van der Waals surface area contributed by atoms with Crippen molar-refractivity contribution < 1.29 is 33.1 Å². The average molecular weight is 681 g/mol. The number of benzene rings is 3. The van der Waals surface area contributed by atoms with Gasteiger partial charge in [-0.3, -0.25) is 10.6 Å². The zero-order valence-electron chi connectivity index (χ0n) is 28.2. The van der Waals surface area contributed by atoms with Crippen LogP contribution in [0.2, 0.25) is 0 Å². The minimum absolute atomic E-state index is 0.0154. The first-order valence-corrected chi connectivity index (χ1v) is 15.8. The molecule has 3 amide bonds. The number of urea groups is 1. The predicted octanol–water partition coefficient (Wildman–Crippen LogP) is 7.89. The van der Waals surface area contributed by atoms with Gasteiger partial charge in [0, 0.05) is 29.4 Å². The number of nitrogens with zero attached hydrogens (tertiary/aromatic N) is 3. The zero-order chi connectivity index (χ0) is 36.0. The van der Waals surface area contributed by atoms with E-state index in [1.165, 1.54) is 17.7 Å². The summed E-state index contributed by atoms with van der Waals surface area (Å²) >= 11 is 0. The summed E-state index contributed by atoms with van der Waals surface area (Å²) in [4.78, 5) is 45.2. The van der Waals surface area contributed by atoms with Crippen LogP contribution in [0.3, 0.4) is 0 Å². The molecule has 4 N–H and O–H groups in total. The number of hydrogen-bond acceptors (Lipinski definition) is 8. The number of pyridine rings is 1. The second-order valence-electron chi connectivity index (χ2n) is 12.8. The van der Waals surface area contributed by atoms with Crippen LogP contribution in [0.15, 0.2) is 89.6 Å². The highest BCUT2D eigenvalue weighted by Gasteiger charge is 2.23. The van der Waals surface area contributed by atoms with Crippen molar-refractivity contribution in [2.45, 2.75) is 58.6 Å². The Morgan fingerprint density at radius 2 is 1.58 bits per heavy atom. The Morgan fingerprint density at radius 1 is 0.900 bits per heavy atom. The van der Waals surface area contributed by atoms with Crippen molar-refractivity contribution in [3.05, 3.63) is 102 Å². The summed E-state index contributed by atoms with van der Waals surface area (Å²) in [6.45, 7) is 9.53. The molecule has 0 aliphatic rings. The van der Waals surface area contributed by atoms with E-state index in [0.29, 0.717) is 22.7 Å². The summed E-state index contributed by atoms with van der Waals surface area (Å²) in [5, 5.41) is 21.2. The van der Waals surface area contributed by atoms with Gasteiger partial charge in [0.2, 0.25) is 5.82 Å². The molecule has 0 radical (unpaired) electrons. The van der Waals surface area contributed by atoms with Crippen LogP contribution in [0.4, 0.5) is 25.5 Å². The van der Waals surface area contributed by atoms with Crippen molar-refractivity contribution in [1.82, 2.24) is 20.4 Å². The lowest BCUT2D eigenvalue weighted by Gasteiger charge is -2.19. The van der Waals surface area contributed by atoms with Crippen LogP contribution in [-0.4, -0.2) is 50.0 Å². The first-order chi connectivity index (χ1) is 23.7. The molecule has 1 unspecified atom stereocenters. The highest BCUT2D eigenvalue weighted by molar-refractivity contribution is 5.91. The van der Waals surface area contributed by atoms with E-state index in [9.17, 15) is 19.5 Å². The van der Waals surface area contributed by atoms with Crippen LogP contribution in [0.25, 0.3) is 34.0 Å². The minimum atomic E-state index is -1.36. The van der Waals surface area contributed by atoms with E-state index in [4.69, 9.17) is 9.26 Å². The van der Waals surface area contributed by atoms with Crippen LogP contribution in [0.5, 0.6) is 0 Å². The number of carbonyl (C=O) groups is 3. The number of rotatable bonds is 10. The molecule has 13 heteroatoms. The van der Waals surface area contributed by atoms with Crippen LogP contribution in [-0.2, 0) is 16.0 Å². The Morgan fingerprint density at radius 3 is 2.18 bits per heavy atom. The van der Waals surface area contributed by atoms with Crippen molar-refractivity contribution in [3.8, 4) is 34.0 Å². The fourth-order valence-corrected chi connectivity index (χ4v) is 4.88. The number of amides is 3. The Balaban J connectivity index is 1.18. The molecule has 2 heterocycles. The fraction of sp³-hybridized carbons (Fsp3) is 0.243. The van der Waals surface area contributed by atoms with Gasteiger partial charge in [-0.05, 0) is 91.9 Å². The summed E-state index contributed by atoms with van der Waals surface area (Å²) in [7, 11) is 0. The predicted molar refractivity (Wildman–Crippen MR) is 186 cm³/mol. The number of ether oxygens (including phenoxy) is 1. The third-order valence-electron chi connectivity index (χ3n) is 7.44. The van der Waals surface area contributed by atoms with Gasteiger partial charge in [-0.1, -0.05) is 49.3 Å². The van der Waals surface area contributed by atoms with Crippen molar-refractivity contribution >= 4 is 29.6 Å². The maximum absolute atomic E-state index is 15.2. The Kier molecular flexibility index (Phi) is 10.5. The third kappa shape index (κ3) is 9.28. The molecule has 0 aliphatic heterocycles. The van der Waals surface area contributed by atoms with Crippen molar-refractivity contribution in [2.24, 2.45) is 0 Å². The molecule has 258 valence electrons. The van der Waals surface area contributed by atoms with Gasteiger partial charge in [0.05, 0.1) is 5.56 Å². The van der Waals surface area contributed by atoms with E-state index in [0.717, 1.165) is 17.2 Å². The lowest BCUT2D eigenvalue weighted by molar-refractivity contribution is -0.139. The molecule has 3 aromatic carbocycles. The molecule has 5 rings (SSSR count). The first-order valence-electron chi connectivity index (χ1n) is 15.8. The molecular weight excluding hydrogens is 643 g/mol. The number of carbonyl (C=O) groups excluding carboxylic acids is 2. The number of carboxylic acids is 1. The maximum Gasteiger partial charge on any atom is 0.412 e. The largest absolute Gasteiger partial charge is 0.480 e. The molecule has 0 aliphatic carbocycles. The highest BCUT2D eigenvalue weighted by atomic mass is 19.1. The summed E-state index contributed by atoms with van der Waals surface area (Å²) < 4.78 is 25.8. The number of aromatic nitrogens is 3. The molecule has 2 aromatic heterocycles. The summed E-state index contributed by atoms with van der Waals surface area (Å²) in [5.41, 5.74) is 3.80. The van der Waals surface area contributed by atoms with Crippen LogP contribution < -0.4 is 16.0 Å². The summed E-state index contributed by atoms with van der Waals surface area (Å²) in [6.07, 6.45) is 0.827. The number of halogens is 1. The molecule has 12 nitrogen and oxygen atoms in total. The highest BCUT2D eigenvalue weighted by Crippen LogP contribution is 2.27. The normalized spacial score (nSPS) is 11.9. The second kappa shape index (κ2) is 15.0. The fourth-order valence-electron chi connectivity index (χ4n) is 4.88. The molecule has 0 bridgehead atoms. The Bertz CT molecular complexity index is 1970. The van der Waals surface area contributed by atoms with Crippen molar-refractivity contribution in [1.29, 1.82) is 0 Å². The minimum Gasteiger partial charge on any atom is -0.480 e. The molecule has 1 atom stereocenters. The van der Waals surface area contributed by atoms with Gasteiger partial charge in [0.15, 0.2) is 0 Å². The number of nitrogens with one attached hydrogen (secondary N) is 3. The molecule has 0 saturated carbocycles. The number of anilines is 2. The van der Waals surface area contributed by atoms with Crippen LogP contribution >= 0.6 is 0 Å². The smallest absolute Gasteiger partial charge is 0.412 e. The molecule has 5 aromatic rings. The van der Waals surface area contributed by atoms with Crippen LogP contribution in [0, 0.1) is 5.82 Å².